The quantitative estimate of drug-likeness (QED) is 0.503. The molecule has 34 heavy (non-hydrogen) atoms. The van der Waals surface area contributed by atoms with Crippen molar-refractivity contribution in [1.29, 1.82) is 0 Å². The maximum atomic E-state index is 13.5. The van der Waals surface area contributed by atoms with E-state index in [1.54, 1.807) is 38.3 Å². The number of hydrogen-bond acceptors (Lipinski definition) is 7. The number of oxime groups is 1. The highest BCUT2D eigenvalue weighted by atomic mass is 16.6. The summed E-state index contributed by atoms with van der Waals surface area (Å²) in [4.78, 5) is 46.1. The summed E-state index contributed by atoms with van der Waals surface area (Å²) in [6, 6.07) is 14.1. The average molecular weight is 460 g/mol. The second-order valence-electron chi connectivity index (χ2n) is 9.20. The normalized spacial score (nSPS) is 30.6. The van der Waals surface area contributed by atoms with Gasteiger partial charge in [-0.2, -0.15) is 0 Å². The van der Waals surface area contributed by atoms with E-state index in [1.807, 2.05) is 24.3 Å². The molecular formula is C26H24N2O6. The molecule has 0 aromatic heterocycles. The summed E-state index contributed by atoms with van der Waals surface area (Å²) in [5.74, 6) is -0.863. The Bertz CT molecular complexity index is 1200. The molecule has 2 bridgehead atoms. The van der Waals surface area contributed by atoms with Crippen LogP contribution >= 0.6 is 0 Å². The SMILES string of the molecule is CCOC(=O)c1ccc(N2C(=O)[C@@H]3[C@H]4C[C@H]([C@H]5ON=C(c6ccc(OC)cc6)[C@H]45)[C@@H]3C2=O)cc1. The third-order valence-electron chi connectivity index (χ3n) is 7.71. The first-order valence-corrected chi connectivity index (χ1v) is 11.6. The number of benzene rings is 2. The van der Waals surface area contributed by atoms with Crippen LogP contribution in [0.25, 0.3) is 0 Å². The smallest absolute Gasteiger partial charge is 0.338 e. The van der Waals surface area contributed by atoms with Gasteiger partial charge in [-0.15, -0.1) is 0 Å². The van der Waals surface area contributed by atoms with E-state index in [-0.39, 0.29) is 48.2 Å². The third-order valence-corrected chi connectivity index (χ3v) is 7.71. The summed E-state index contributed by atoms with van der Waals surface area (Å²) < 4.78 is 10.3. The molecule has 2 saturated carbocycles. The molecule has 2 aliphatic heterocycles. The zero-order valence-electron chi connectivity index (χ0n) is 18.8. The van der Waals surface area contributed by atoms with Crippen molar-refractivity contribution in [2.45, 2.75) is 19.4 Å². The molecule has 4 aliphatic rings. The summed E-state index contributed by atoms with van der Waals surface area (Å²) in [5, 5.41) is 4.38. The van der Waals surface area contributed by atoms with Crippen molar-refractivity contribution in [3.8, 4) is 5.75 Å². The molecule has 2 aromatic rings. The van der Waals surface area contributed by atoms with Gasteiger partial charge in [0, 0.05) is 17.4 Å². The van der Waals surface area contributed by atoms with E-state index in [1.165, 1.54) is 4.90 Å². The molecule has 174 valence electrons. The van der Waals surface area contributed by atoms with Crippen LogP contribution < -0.4 is 9.64 Å². The lowest BCUT2D eigenvalue weighted by atomic mass is 9.71. The van der Waals surface area contributed by atoms with Crippen molar-refractivity contribution in [1.82, 2.24) is 0 Å². The molecule has 6 atom stereocenters. The van der Waals surface area contributed by atoms with Gasteiger partial charge >= 0.3 is 5.97 Å². The van der Waals surface area contributed by atoms with Crippen LogP contribution in [0.4, 0.5) is 5.69 Å². The standard InChI is InChI=1S/C26H24N2O6/c1-3-33-26(31)14-4-8-15(9-5-14)28-24(29)19-17-12-18(20(19)25(28)30)23-21(17)22(27-34-23)13-6-10-16(32-2)11-7-13/h4-11,17-21,23H,3,12H2,1-2H3/t17-,18+,19-,20+,21+,23-/m1/s1. The van der Waals surface area contributed by atoms with Gasteiger partial charge in [0.15, 0.2) is 0 Å². The van der Waals surface area contributed by atoms with E-state index in [0.717, 1.165) is 23.4 Å². The Balaban J connectivity index is 1.27. The van der Waals surface area contributed by atoms with E-state index in [0.29, 0.717) is 11.3 Å². The maximum absolute atomic E-state index is 13.5. The van der Waals surface area contributed by atoms with Crippen LogP contribution in [0.1, 0.15) is 29.3 Å². The number of fused-ring (bicyclic) bond motifs is 8. The van der Waals surface area contributed by atoms with Crippen LogP contribution in [0.5, 0.6) is 5.75 Å². The summed E-state index contributed by atoms with van der Waals surface area (Å²) >= 11 is 0. The van der Waals surface area contributed by atoms with Crippen LogP contribution in [-0.4, -0.2) is 43.3 Å². The van der Waals surface area contributed by atoms with Crippen molar-refractivity contribution in [3.05, 3.63) is 59.7 Å². The number of nitrogens with zero attached hydrogens (tertiary/aromatic N) is 2. The van der Waals surface area contributed by atoms with Gasteiger partial charge in [0.2, 0.25) is 11.8 Å². The van der Waals surface area contributed by atoms with Crippen LogP contribution in [0.2, 0.25) is 0 Å². The average Bonchev–Trinajstić information content (AvgIpc) is 3.60. The van der Waals surface area contributed by atoms with E-state index < -0.39 is 11.9 Å². The molecule has 0 spiro atoms. The molecule has 3 fully saturated rings. The fourth-order valence-corrected chi connectivity index (χ4v) is 6.34. The van der Waals surface area contributed by atoms with E-state index in [4.69, 9.17) is 14.3 Å². The second-order valence-corrected chi connectivity index (χ2v) is 9.20. The van der Waals surface area contributed by atoms with Crippen molar-refractivity contribution < 1.29 is 28.7 Å². The highest BCUT2D eigenvalue weighted by Gasteiger charge is 2.70. The molecule has 6 rings (SSSR count). The first-order chi connectivity index (χ1) is 16.5. The van der Waals surface area contributed by atoms with E-state index in [2.05, 4.69) is 5.16 Å². The van der Waals surface area contributed by atoms with Crippen molar-refractivity contribution in [2.24, 2.45) is 34.7 Å². The monoisotopic (exact) mass is 460 g/mol. The minimum absolute atomic E-state index is 0.00334. The highest BCUT2D eigenvalue weighted by molar-refractivity contribution is 6.23. The van der Waals surface area contributed by atoms with Crippen molar-refractivity contribution in [2.75, 3.05) is 18.6 Å². The van der Waals surface area contributed by atoms with Gasteiger partial charge in [0.1, 0.15) is 11.9 Å². The van der Waals surface area contributed by atoms with Gasteiger partial charge in [-0.05, 0) is 67.8 Å². The lowest BCUT2D eigenvalue weighted by Gasteiger charge is -2.29. The molecule has 0 unspecified atom stereocenters. The lowest BCUT2D eigenvalue weighted by Crippen LogP contribution is -2.41. The number of anilines is 1. The highest BCUT2D eigenvalue weighted by Crippen LogP contribution is 2.62. The Morgan fingerprint density at radius 2 is 1.68 bits per heavy atom. The Labute approximate surface area is 196 Å². The maximum Gasteiger partial charge on any atom is 0.338 e. The number of hydrogen-bond donors (Lipinski definition) is 0. The van der Waals surface area contributed by atoms with Gasteiger partial charge in [0.05, 0.1) is 42.5 Å². The summed E-state index contributed by atoms with van der Waals surface area (Å²) in [6.45, 7) is 2.02. The van der Waals surface area contributed by atoms with Gasteiger partial charge in [-0.25, -0.2) is 4.79 Å². The van der Waals surface area contributed by atoms with Crippen LogP contribution in [0.3, 0.4) is 0 Å². The number of carbonyl (C=O) groups is 3. The van der Waals surface area contributed by atoms with E-state index >= 15 is 0 Å². The molecule has 0 radical (unpaired) electrons. The number of rotatable bonds is 5. The molecular weight excluding hydrogens is 436 g/mol. The Morgan fingerprint density at radius 3 is 2.32 bits per heavy atom. The predicted octanol–water partition coefficient (Wildman–Crippen LogP) is 3.05. The van der Waals surface area contributed by atoms with Crippen LogP contribution in [0, 0.1) is 29.6 Å². The van der Waals surface area contributed by atoms with Gasteiger partial charge in [-0.1, -0.05) is 5.16 Å². The molecule has 8 heteroatoms. The number of imide groups is 1. The summed E-state index contributed by atoms with van der Waals surface area (Å²) in [7, 11) is 1.62. The molecule has 2 aliphatic carbocycles. The van der Waals surface area contributed by atoms with Gasteiger partial charge in [-0.3, -0.25) is 14.5 Å². The molecule has 2 amide bonds. The number of esters is 1. The Kier molecular flexibility index (Phi) is 4.72. The molecule has 2 heterocycles. The molecule has 2 aromatic carbocycles. The minimum Gasteiger partial charge on any atom is -0.497 e. The zero-order chi connectivity index (χ0) is 23.6. The Morgan fingerprint density at radius 1 is 1.00 bits per heavy atom. The molecule has 1 saturated heterocycles. The number of ether oxygens (including phenoxy) is 2. The second kappa shape index (κ2) is 7.68. The van der Waals surface area contributed by atoms with Gasteiger partial charge < -0.3 is 14.3 Å². The number of carbonyl (C=O) groups excluding carboxylic acids is 3. The van der Waals surface area contributed by atoms with Crippen molar-refractivity contribution >= 4 is 29.2 Å². The molecule has 8 nitrogen and oxygen atoms in total. The molecule has 0 N–H and O–H groups in total. The fraction of sp³-hybridized carbons (Fsp3) is 0.385. The van der Waals surface area contributed by atoms with Crippen LogP contribution in [0.15, 0.2) is 53.7 Å². The lowest BCUT2D eigenvalue weighted by molar-refractivity contribution is -0.125. The van der Waals surface area contributed by atoms with Crippen LogP contribution in [-0.2, 0) is 19.2 Å². The fourth-order valence-electron chi connectivity index (χ4n) is 6.34. The first-order valence-electron chi connectivity index (χ1n) is 11.6. The number of amides is 2. The Hall–Kier alpha value is -3.68. The van der Waals surface area contributed by atoms with Gasteiger partial charge in [0.25, 0.3) is 0 Å². The zero-order valence-corrected chi connectivity index (χ0v) is 18.8. The summed E-state index contributed by atoms with van der Waals surface area (Å²) in [6.07, 6.45) is 0.596. The summed E-state index contributed by atoms with van der Waals surface area (Å²) in [5.41, 5.74) is 2.65. The van der Waals surface area contributed by atoms with E-state index in [9.17, 15) is 14.4 Å². The first kappa shape index (κ1) is 20.9. The van der Waals surface area contributed by atoms with Crippen molar-refractivity contribution in [3.63, 3.8) is 0 Å². The minimum atomic E-state index is -0.432. The predicted molar refractivity (Wildman–Crippen MR) is 121 cm³/mol. The topological polar surface area (TPSA) is 94.5 Å². The number of methoxy groups -OCH3 is 1. The third kappa shape index (κ3) is 2.84. The largest absolute Gasteiger partial charge is 0.497 e.